The predicted octanol–water partition coefficient (Wildman–Crippen LogP) is 2.87. The van der Waals surface area contributed by atoms with E-state index in [0.717, 1.165) is 12.0 Å². The van der Waals surface area contributed by atoms with Crippen molar-refractivity contribution in [1.82, 2.24) is 0 Å². The molecule has 0 fully saturated rings. The van der Waals surface area contributed by atoms with Crippen molar-refractivity contribution >= 4 is 0 Å². The first-order valence-electron chi connectivity index (χ1n) is 5.01. The molecule has 1 aromatic carbocycles. The molecule has 2 nitrogen and oxygen atoms in total. The zero-order valence-corrected chi connectivity index (χ0v) is 8.92. The van der Waals surface area contributed by atoms with Crippen molar-refractivity contribution in [3.8, 4) is 5.75 Å². The summed E-state index contributed by atoms with van der Waals surface area (Å²) in [6, 6.07) is 5.86. The summed E-state index contributed by atoms with van der Waals surface area (Å²) in [6.45, 7) is 1.93. The lowest BCUT2D eigenvalue weighted by molar-refractivity contribution is -0.274. The van der Waals surface area contributed by atoms with Gasteiger partial charge in [-0.2, -0.15) is 0 Å². The van der Waals surface area contributed by atoms with Crippen LogP contribution in [0.3, 0.4) is 0 Å². The SMILES string of the molecule is CCC(N)Cc1cccc(OC(F)(F)F)c1. The molecule has 0 saturated heterocycles. The molecule has 1 unspecified atom stereocenters. The minimum Gasteiger partial charge on any atom is -0.406 e. The second-order valence-electron chi connectivity index (χ2n) is 3.57. The van der Waals surface area contributed by atoms with E-state index in [2.05, 4.69) is 4.74 Å². The van der Waals surface area contributed by atoms with Crippen molar-refractivity contribution < 1.29 is 17.9 Å². The van der Waals surface area contributed by atoms with E-state index in [1.54, 1.807) is 6.07 Å². The molecule has 90 valence electrons. The van der Waals surface area contributed by atoms with Gasteiger partial charge in [0.2, 0.25) is 0 Å². The number of rotatable bonds is 4. The average Bonchev–Trinajstić information content (AvgIpc) is 2.15. The fourth-order valence-electron chi connectivity index (χ4n) is 1.32. The topological polar surface area (TPSA) is 35.2 Å². The summed E-state index contributed by atoms with van der Waals surface area (Å²) in [4.78, 5) is 0. The summed E-state index contributed by atoms with van der Waals surface area (Å²) in [6.07, 6.45) is -3.32. The molecule has 0 amide bonds. The maximum Gasteiger partial charge on any atom is 0.573 e. The van der Waals surface area contributed by atoms with Gasteiger partial charge >= 0.3 is 6.36 Å². The molecule has 0 aromatic heterocycles. The van der Waals surface area contributed by atoms with Crippen LogP contribution in [0.5, 0.6) is 5.75 Å². The van der Waals surface area contributed by atoms with Gasteiger partial charge in [0.15, 0.2) is 0 Å². The zero-order chi connectivity index (χ0) is 12.2. The van der Waals surface area contributed by atoms with Crippen molar-refractivity contribution in [2.24, 2.45) is 5.73 Å². The third-order valence-corrected chi connectivity index (χ3v) is 2.15. The number of hydrogen-bond acceptors (Lipinski definition) is 2. The van der Waals surface area contributed by atoms with Gasteiger partial charge in [-0.3, -0.25) is 0 Å². The lowest BCUT2D eigenvalue weighted by Crippen LogP contribution is -2.21. The Morgan fingerprint density at radius 1 is 1.38 bits per heavy atom. The highest BCUT2D eigenvalue weighted by molar-refractivity contribution is 5.29. The molecule has 0 saturated carbocycles. The second-order valence-corrected chi connectivity index (χ2v) is 3.57. The van der Waals surface area contributed by atoms with Crippen LogP contribution >= 0.6 is 0 Å². The molecule has 0 aliphatic heterocycles. The second kappa shape index (κ2) is 5.21. The Morgan fingerprint density at radius 3 is 2.62 bits per heavy atom. The van der Waals surface area contributed by atoms with Crippen LogP contribution in [0.1, 0.15) is 18.9 Å². The molecule has 0 spiro atoms. The molecule has 0 aliphatic carbocycles. The Morgan fingerprint density at radius 2 is 2.06 bits per heavy atom. The van der Waals surface area contributed by atoms with Crippen LogP contribution in [0, 0.1) is 0 Å². The number of halogens is 3. The third-order valence-electron chi connectivity index (χ3n) is 2.15. The van der Waals surface area contributed by atoms with Crippen LogP contribution in [-0.4, -0.2) is 12.4 Å². The smallest absolute Gasteiger partial charge is 0.406 e. The molecule has 1 atom stereocenters. The van der Waals surface area contributed by atoms with Crippen molar-refractivity contribution in [3.05, 3.63) is 29.8 Å². The number of benzene rings is 1. The number of nitrogens with two attached hydrogens (primary N) is 1. The van der Waals surface area contributed by atoms with E-state index in [1.807, 2.05) is 6.92 Å². The fraction of sp³-hybridized carbons (Fsp3) is 0.455. The Bertz CT molecular complexity index is 338. The van der Waals surface area contributed by atoms with Gasteiger partial charge in [0.25, 0.3) is 0 Å². The minimum absolute atomic E-state index is 0.0406. The van der Waals surface area contributed by atoms with Gasteiger partial charge in [0, 0.05) is 6.04 Å². The third kappa shape index (κ3) is 4.53. The van der Waals surface area contributed by atoms with E-state index in [0.29, 0.717) is 6.42 Å². The molecule has 5 heteroatoms. The van der Waals surface area contributed by atoms with Gasteiger partial charge in [0.1, 0.15) is 5.75 Å². The highest BCUT2D eigenvalue weighted by Crippen LogP contribution is 2.23. The summed E-state index contributed by atoms with van der Waals surface area (Å²) in [7, 11) is 0. The van der Waals surface area contributed by atoms with Gasteiger partial charge in [-0.15, -0.1) is 13.2 Å². The van der Waals surface area contributed by atoms with E-state index >= 15 is 0 Å². The standard InChI is InChI=1S/C11H14F3NO/c1-2-9(15)6-8-4-3-5-10(7-8)16-11(12,13)14/h3-5,7,9H,2,6,15H2,1H3. The number of ether oxygens (including phenoxy) is 1. The first kappa shape index (κ1) is 12.8. The van der Waals surface area contributed by atoms with Crippen molar-refractivity contribution in [3.63, 3.8) is 0 Å². The largest absolute Gasteiger partial charge is 0.573 e. The summed E-state index contributed by atoms with van der Waals surface area (Å²) in [5.41, 5.74) is 6.47. The first-order valence-corrected chi connectivity index (χ1v) is 5.01. The quantitative estimate of drug-likeness (QED) is 0.867. The molecule has 1 aromatic rings. The van der Waals surface area contributed by atoms with Gasteiger partial charge in [-0.1, -0.05) is 19.1 Å². The maximum absolute atomic E-state index is 12.0. The zero-order valence-electron chi connectivity index (χ0n) is 8.92. The van der Waals surface area contributed by atoms with Crippen LogP contribution in [0.25, 0.3) is 0 Å². The van der Waals surface area contributed by atoms with Crippen LogP contribution < -0.4 is 10.5 Å². The summed E-state index contributed by atoms with van der Waals surface area (Å²) in [5.74, 6) is -0.201. The molecule has 2 N–H and O–H groups in total. The lowest BCUT2D eigenvalue weighted by atomic mass is 10.0. The summed E-state index contributed by atoms with van der Waals surface area (Å²) >= 11 is 0. The van der Waals surface area contributed by atoms with Crippen molar-refractivity contribution in [2.45, 2.75) is 32.2 Å². The van der Waals surface area contributed by atoms with Crippen molar-refractivity contribution in [2.75, 3.05) is 0 Å². The van der Waals surface area contributed by atoms with Crippen LogP contribution in [0.4, 0.5) is 13.2 Å². The first-order chi connectivity index (χ1) is 7.40. The normalized spacial score (nSPS) is 13.6. The molecular formula is C11H14F3NO. The highest BCUT2D eigenvalue weighted by atomic mass is 19.4. The Kier molecular flexibility index (Phi) is 4.18. The molecule has 1 rings (SSSR count). The van der Waals surface area contributed by atoms with Crippen LogP contribution in [0.15, 0.2) is 24.3 Å². The maximum atomic E-state index is 12.0. The highest BCUT2D eigenvalue weighted by Gasteiger charge is 2.31. The van der Waals surface area contributed by atoms with Gasteiger partial charge in [-0.05, 0) is 30.5 Å². The fourth-order valence-corrected chi connectivity index (χ4v) is 1.32. The van der Waals surface area contributed by atoms with Gasteiger partial charge in [-0.25, -0.2) is 0 Å². The van der Waals surface area contributed by atoms with Crippen molar-refractivity contribution in [1.29, 1.82) is 0 Å². The van der Waals surface area contributed by atoms with Crippen LogP contribution in [-0.2, 0) is 6.42 Å². The molecule has 16 heavy (non-hydrogen) atoms. The lowest BCUT2D eigenvalue weighted by Gasteiger charge is -2.12. The summed E-state index contributed by atoms with van der Waals surface area (Å²) < 4.78 is 39.7. The van der Waals surface area contributed by atoms with E-state index in [1.165, 1.54) is 18.2 Å². The van der Waals surface area contributed by atoms with Gasteiger partial charge < -0.3 is 10.5 Å². The Balaban J connectivity index is 2.71. The monoisotopic (exact) mass is 233 g/mol. The Labute approximate surface area is 92.2 Å². The molecule has 0 radical (unpaired) electrons. The van der Waals surface area contributed by atoms with E-state index in [-0.39, 0.29) is 11.8 Å². The molecule has 0 heterocycles. The van der Waals surface area contributed by atoms with E-state index in [4.69, 9.17) is 5.73 Å². The van der Waals surface area contributed by atoms with E-state index in [9.17, 15) is 13.2 Å². The van der Waals surface area contributed by atoms with Crippen LogP contribution in [0.2, 0.25) is 0 Å². The molecule has 0 aliphatic rings. The molecular weight excluding hydrogens is 219 g/mol. The number of hydrogen-bond donors (Lipinski definition) is 1. The summed E-state index contributed by atoms with van der Waals surface area (Å²) in [5, 5.41) is 0. The molecule has 0 bridgehead atoms. The minimum atomic E-state index is -4.65. The predicted molar refractivity (Wildman–Crippen MR) is 55.1 cm³/mol. The van der Waals surface area contributed by atoms with Gasteiger partial charge in [0.05, 0.1) is 0 Å². The van der Waals surface area contributed by atoms with E-state index < -0.39 is 6.36 Å². The number of alkyl halides is 3. The average molecular weight is 233 g/mol. The Hall–Kier alpha value is -1.23.